The molecule has 0 aromatic heterocycles. The molecule has 130 valence electrons. The highest BCUT2D eigenvalue weighted by molar-refractivity contribution is 8.00. The minimum Gasteiger partial charge on any atom is -0.334 e. The Morgan fingerprint density at radius 1 is 1.12 bits per heavy atom. The molecule has 0 atom stereocenters. The Morgan fingerprint density at radius 2 is 1.80 bits per heavy atom. The van der Waals surface area contributed by atoms with Crippen molar-refractivity contribution in [1.82, 2.24) is 4.90 Å². The lowest BCUT2D eigenvalue weighted by molar-refractivity contribution is -0.133. The molecule has 0 N–H and O–H groups in total. The van der Waals surface area contributed by atoms with Crippen LogP contribution in [0.2, 0.25) is 0 Å². The molecule has 0 saturated heterocycles. The Morgan fingerprint density at radius 3 is 2.52 bits per heavy atom. The summed E-state index contributed by atoms with van der Waals surface area (Å²) in [5.41, 5.74) is 1.92. The van der Waals surface area contributed by atoms with Gasteiger partial charge in [0.05, 0.1) is 11.4 Å². The molecular weight excluding hydrogens is 332 g/mol. The summed E-state index contributed by atoms with van der Waals surface area (Å²) in [6, 6.07) is 17.8. The topological polar surface area (TPSA) is 40.6 Å². The number of thioether (sulfide) groups is 1. The average molecular weight is 354 g/mol. The molecule has 25 heavy (non-hydrogen) atoms. The minimum absolute atomic E-state index is 0.0135. The molecule has 1 aliphatic heterocycles. The van der Waals surface area contributed by atoms with Gasteiger partial charge in [0.15, 0.2) is 0 Å². The number of para-hydroxylation sites is 1. The summed E-state index contributed by atoms with van der Waals surface area (Å²) < 4.78 is 0. The Kier molecular flexibility index (Phi) is 5.43. The van der Waals surface area contributed by atoms with E-state index in [-0.39, 0.29) is 24.4 Å². The summed E-state index contributed by atoms with van der Waals surface area (Å²) >= 11 is 1.53. The molecule has 0 bridgehead atoms. The first-order chi connectivity index (χ1) is 12.1. The number of benzene rings is 2. The molecule has 4 nitrogen and oxygen atoms in total. The Labute approximate surface area is 152 Å². The van der Waals surface area contributed by atoms with Gasteiger partial charge in [-0.2, -0.15) is 0 Å². The van der Waals surface area contributed by atoms with Crippen molar-refractivity contribution < 1.29 is 9.59 Å². The fourth-order valence-corrected chi connectivity index (χ4v) is 3.83. The lowest BCUT2D eigenvalue weighted by Crippen LogP contribution is -2.46. The summed E-state index contributed by atoms with van der Waals surface area (Å²) in [4.78, 5) is 29.8. The molecular formula is C20H22N2O2S. The van der Waals surface area contributed by atoms with E-state index < -0.39 is 0 Å². The van der Waals surface area contributed by atoms with Gasteiger partial charge in [0.2, 0.25) is 11.8 Å². The number of hydrogen-bond acceptors (Lipinski definition) is 3. The first kappa shape index (κ1) is 17.5. The largest absolute Gasteiger partial charge is 0.334 e. The third-order valence-corrected chi connectivity index (χ3v) is 5.29. The molecule has 1 heterocycles. The van der Waals surface area contributed by atoms with E-state index in [0.29, 0.717) is 12.3 Å². The molecule has 2 amide bonds. The first-order valence-electron chi connectivity index (χ1n) is 8.42. The van der Waals surface area contributed by atoms with Crippen molar-refractivity contribution in [2.45, 2.75) is 31.3 Å². The Bertz CT molecular complexity index is 761. The predicted molar refractivity (Wildman–Crippen MR) is 102 cm³/mol. The third-order valence-electron chi connectivity index (χ3n) is 4.24. The van der Waals surface area contributed by atoms with E-state index in [1.165, 1.54) is 11.8 Å². The quantitative estimate of drug-likeness (QED) is 0.824. The summed E-state index contributed by atoms with van der Waals surface area (Å²) in [6.07, 6.45) is 0. The lowest BCUT2D eigenvalue weighted by atomic mass is 10.2. The van der Waals surface area contributed by atoms with Crippen molar-refractivity contribution in [2.24, 2.45) is 0 Å². The monoisotopic (exact) mass is 354 g/mol. The van der Waals surface area contributed by atoms with E-state index in [1.807, 2.05) is 73.3 Å². The highest BCUT2D eigenvalue weighted by Crippen LogP contribution is 2.34. The van der Waals surface area contributed by atoms with Crippen LogP contribution in [0.5, 0.6) is 0 Å². The Hall–Kier alpha value is -2.27. The Balaban J connectivity index is 1.78. The summed E-state index contributed by atoms with van der Waals surface area (Å²) in [5.74, 6) is 0.333. The predicted octanol–water partition coefficient (Wildman–Crippen LogP) is 3.56. The molecule has 5 heteroatoms. The van der Waals surface area contributed by atoms with Crippen LogP contribution in [0.1, 0.15) is 19.4 Å². The molecule has 0 saturated carbocycles. The molecule has 0 fully saturated rings. The molecule has 2 aromatic carbocycles. The number of hydrogen-bond donors (Lipinski definition) is 0. The molecule has 2 aromatic rings. The van der Waals surface area contributed by atoms with E-state index in [2.05, 4.69) is 0 Å². The summed E-state index contributed by atoms with van der Waals surface area (Å²) in [5, 5.41) is 0. The molecule has 0 radical (unpaired) electrons. The van der Waals surface area contributed by atoms with E-state index >= 15 is 0 Å². The number of anilines is 1. The van der Waals surface area contributed by atoms with E-state index in [1.54, 1.807) is 4.90 Å². The van der Waals surface area contributed by atoms with Crippen molar-refractivity contribution >= 4 is 29.3 Å². The zero-order chi connectivity index (χ0) is 17.8. The van der Waals surface area contributed by atoms with Crippen LogP contribution < -0.4 is 4.90 Å². The van der Waals surface area contributed by atoms with Crippen LogP contribution in [0.25, 0.3) is 0 Å². The van der Waals surface area contributed by atoms with Crippen LogP contribution in [-0.2, 0) is 16.1 Å². The molecule has 0 aliphatic carbocycles. The maximum absolute atomic E-state index is 12.9. The normalized spacial score (nSPS) is 13.7. The van der Waals surface area contributed by atoms with Crippen LogP contribution in [-0.4, -0.2) is 35.1 Å². The van der Waals surface area contributed by atoms with Crippen molar-refractivity contribution in [2.75, 3.05) is 17.2 Å². The fraction of sp³-hybridized carbons (Fsp3) is 0.300. The number of rotatable bonds is 5. The second kappa shape index (κ2) is 7.74. The van der Waals surface area contributed by atoms with Crippen LogP contribution in [0.4, 0.5) is 5.69 Å². The molecule has 0 spiro atoms. The standard InChI is InChI=1S/C20H22N2O2S/c1-15(2)21(12-16-8-4-3-5-9-16)19(23)13-22-17-10-6-7-11-18(17)25-14-20(22)24/h3-11,15H,12-14H2,1-2H3. The van der Waals surface area contributed by atoms with Gasteiger partial charge in [-0.1, -0.05) is 42.5 Å². The van der Waals surface area contributed by atoms with Crippen molar-refractivity contribution in [3.63, 3.8) is 0 Å². The molecule has 1 aliphatic rings. The maximum Gasteiger partial charge on any atom is 0.243 e. The number of nitrogens with zero attached hydrogens (tertiary/aromatic N) is 2. The number of carbonyl (C=O) groups excluding carboxylic acids is 2. The lowest BCUT2D eigenvalue weighted by Gasteiger charge is -2.32. The average Bonchev–Trinajstić information content (AvgIpc) is 2.62. The number of fused-ring (bicyclic) bond motifs is 1. The zero-order valence-electron chi connectivity index (χ0n) is 14.5. The van der Waals surface area contributed by atoms with Gasteiger partial charge in [0, 0.05) is 17.5 Å². The van der Waals surface area contributed by atoms with Crippen molar-refractivity contribution in [3.05, 3.63) is 60.2 Å². The van der Waals surface area contributed by atoms with E-state index in [4.69, 9.17) is 0 Å². The highest BCUT2D eigenvalue weighted by atomic mass is 32.2. The van der Waals surface area contributed by atoms with Crippen molar-refractivity contribution in [1.29, 1.82) is 0 Å². The second-order valence-electron chi connectivity index (χ2n) is 6.34. The number of amides is 2. The van der Waals surface area contributed by atoms with E-state index in [0.717, 1.165) is 16.1 Å². The van der Waals surface area contributed by atoms with Gasteiger partial charge in [-0.3, -0.25) is 9.59 Å². The molecule has 0 unspecified atom stereocenters. The van der Waals surface area contributed by atoms with Gasteiger partial charge >= 0.3 is 0 Å². The highest BCUT2D eigenvalue weighted by Gasteiger charge is 2.28. The van der Waals surface area contributed by atoms with Crippen LogP contribution in [0.3, 0.4) is 0 Å². The van der Waals surface area contributed by atoms with Gasteiger partial charge in [-0.05, 0) is 31.5 Å². The van der Waals surface area contributed by atoms with Crippen LogP contribution >= 0.6 is 11.8 Å². The van der Waals surface area contributed by atoms with Crippen molar-refractivity contribution in [3.8, 4) is 0 Å². The SMILES string of the molecule is CC(C)N(Cc1ccccc1)C(=O)CN1C(=O)CSc2ccccc21. The minimum atomic E-state index is -0.0334. The van der Waals surface area contributed by atoms with Crippen LogP contribution in [0.15, 0.2) is 59.5 Å². The molecule has 3 rings (SSSR count). The first-order valence-corrected chi connectivity index (χ1v) is 9.40. The fourth-order valence-electron chi connectivity index (χ4n) is 2.89. The van der Waals surface area contributed by atoms with Gasteiger partial charge in [0.25, 0.3) is 0 Å². The van der Waals surface area contributed by atoms with Crippen LogP contribution in [0, 0.1) is 0 Å². The van der Waals surface area contributed by atoms with Gasteiger partial charge in [0.1, 0.15) is 6.54 Å². The summed E-state index contributed by atoms with van der Waals surface area (Å²) in [6.45, 7) is 4.64. The smallest absolute Gasteiger partial charge is 0.243 e. The van der Waals surface area contributed by atoms with E-state index in [9.17, 15) is 9.59 Å². The van der Waals surface area contributed by atoms with Gasteiger partial charge < -0.3 is 9.80 Å². The zero-order valence-corrected chi connectivity index (χ0v) is 15.3. The van der Waals surface area contributed by atoms with Gasteiger partial charge in [-0.15, -0.1) is 11.8 Å². The van der Waals surface area contributed by atoms with Gasteiger partial charge in [-0.25, -0.2) is 0 Å². The third kappa shape index (κ3) is 4.04. The maximum atomic E-state index is 12.9. The second-order valence-corrected chi connectivity index (χ2v) is 7.35. The summed E-state index contributed by atoms with van der Waals surface area (Å²) in [7, 11) is 0. The number of carbonyl (C=O) groups is 2.